The number of methoxy groups -OCH3 is 1. The number of anilines is 1. The van der Waals surface area contributed by atoms with Crippen LogP contribution in [-0.4, -0.2) is 36.8 Å². The number of nitrogens with zero attached hydrogens (tertiary/aromatic N) is 2. The fraction of sp³-hybridized carbons (Fsp3) is 0.185. The molecule has 0 atom stereocenters. The molecule has 5 heteroatoms. The number of fused-ring (bicyclic) bond motifs is 1. The summed E-state index contributed by atoms with van der Waals surface area (Å²) in [6.45, 7) is -0.107. The molecule has 0 spiro atoms. The predicted molar refractivity (Wildman–Crippen MR) is 128 cm³/mol. The number of para-hydroxylation sites is 1. The SMILES string of the molecule is COc1ccccc1CCc1ccc2nc(N(C)CC(=O)O)cc(-c3ccccc3)c2c1. The van der Waals surface area contributed by atoms with Crippen molar-refractivity contribution in [2.45, 2.75) is 12.8 Å². The molecular weight excluding hydrogens is 400 g/mol. The normalized spacial score (nSPS) is 10.8. The minimum atomic E-state index is -0.887. The molecule has 5 nitrogen and oxygen atoms in total. The second kappa shape index (κ2) is 9.52. The Labute approximate surface area is 187 Å². The molecule has 32 heavy (non-hydrogen) atoms. The average Bonchev–Trinajstić information content (AvgIpc) is 2.82. The third kappa shape index (κ3) is 4.72. The van der Waals surface area contributed by atoms with Gasteiger partial charge in [0.25, 0.3) is 0 Å². The lowest BCUT2D eigenvalue weighted by molar-refractivity contribution is -0.135. The van der Waals surface area contributed by atoms with Crippen molar-refractivity contribution in [2.24, 2.45) is 0 Å². The van der Waals surface area contributed by atoms with E-state index in [9.17, 15) is 9.90 Å². The summed E-state index contributed by atoms with van der Waals surface area (Å²) in [7, 11) is 3.45. The number of rotatable bonds is 8. The van der Waals surface area contributed by atoms with E-state index in [0.29, 0.717) is 5.82 Å². The number of benzene rings is 3. The molecule has 0 aliphatic heterocycles. The van der Waals surface area contributed by atoms with Gasteiger partial charge in [-0.05, 0) is 59.4 Å². The second-order valence-electron chi connectivity index (χ2n) is 7.81. The standard InChI is InChI=1S/C27H26N2O3/c1-29(18-27(30)31)26-17-22(20-8-4-3-5-9-20)23-16-19(13-15-24(23)28-26)12-14-21-10-6-7-11-25(21)32-2/h3-11,13,15-17H,12,14,18H2,1-2H3,(H,30,31). The fourth-order valence-electron chi connectivity index (χ4n) is 3.94. The Kier molecular flexibility index (Phi) is 6.36. The van der Waals surface area contributed by atoms with Gasteiger partial charge in [-0.2, -0.15) is 0 Å². The fourth-order valence-corrected chi connectivity index (χ4v) is 3.94. The van der Waals surface area contributed by atoms with Gasteiger partial charge in [-0.3, -0.25) is 4.79 Å². The minimum absolute atomic E-state index is 0.107. The zero-order valence-electron chi connectivity index (χ0n) is 18.3. The Morgan fingerprint density at radius 3 is 2.47 bits per heavy atom. The van der Waals surface area contributed by atoms with Crippen LogP contribution in [0.2, 0.25) is 0 Å². The monoisotopic (exact) mass is 426 g/mol. The molecule has 0 saturated carbocycles. The van der Waals surface area contributed by atoms with E-state index in [-0.39, 0.29) is 6.54 Å². The van der Waals surface area contributed by atoms with Crippen molar-refractivity contribution in [1.29, 1.82) is 0 Å². The van der Waals surface area contributed by atoms with Crippen LogP contribution in [0.15, 0.2) is 78.9 Å². The molecule has 0 saturated heterocycles. The second-order valence-corrected chi connectivity index (χ2v) is 7.81. The van der Waals surface area contributed by atoms with Crippen molar-refractivity contribution < 1.29 is 14.6 Å². The molecule has 3 aromatic carbocycles. The Hall–Kier alpha value is -3.86. The third-order valence-corrected chi connectivity index (χ3v) is 5.58. The molecule has 1 aromatic heterocycles. The number of hydrogen-bond acceptors (Lipinski definition) is 4. The molecule has 4 rings (SSSR count). The van der Waals surface area contributed by atoms with Gasteiger partial charge < -0.3 is 14.7 Å². The summed E-state index contributed by atoms with van der Waals surface area (Å²) in [5.74, 6) is 0.661. The summed E-state index contributed by atoms with van der Waals surface area (Å²) in [5, 5.41) is 10.2. The van der Waals surface area contributed by atoms with E-state index in [0.717, 1.165) is 40.6 Å². The zero-order valence-corrected chi connectivity index (χ0v) is 18.3. The van der Waals surface area contributed by atoms with Gasteiger partial charge in [-0.1, -0.05) is 54.6 Å². The highest BCUT2D eigenvalue weighted by Gasteiger charge is 2.13. The van der Waals surface area contributed by atoms with Crippen LogP contribution < -0.4 is 9.64 Å². The number of ether oxygens (including phenoxy) is 1. The van der Waals surface area contributed by atoms with Crippen LogP contribution in [0.25, 0.3) is 22.0 Å². The van der Waals surface area contributed by atoms with Gasteiger partial charge >= 0.3 is 5.97 Å². The molecule has 0 aliphatic carbocycles. The van der Waals surface area contributed by atoms with Gasteiger partial charge in [0.15, 0.2) is 0 Å². The lowest BCUT2D eigenvalue weighted by Crippen LogP contribution is -2.26. The Bertz CT molecular complexity index is 1240. The molecule has 0 radical (unpaired) electrons. The zero-order chi connectivity index (χ0) is 22.5. The number of likely N-dealkylation sites (N-methyl/N-ethyl adjacent to an activating group) is 1. The number of hydrogen-bond donors (Lipinski definition) is 1. The van der Waals surface area contributed by atoms with E-state index in [4.69, 9.17) is 9.72 Å². The van der Waals surface area contributed by atoms with Gasteiger partial charge in [0.05, 0.1) is 12.6 Å². The number of carboxylic acid groups (broad SMARTS) is 1. The largest absolute Gasteiger partial charge is 0.496 e. The number of pyridine rings is 1. The molecular formula is C27H26N2O3. The lowest BCUT2D eigenvalue weighted by atomic mass is 9.97. The maximum Gasteiger partial charge on any atom is 0.323 e. The molecule has 162 valence electrons. The summed E-state index contributed by atoms with van der Waals surface area (Å²) in [4.78, 5) is 17.6. The van der Waals surface area contributed by atoms with E-state index in [1.165, 1.54) is 11.1 Å². The quantitative estimate of drug-likeness (QED) is 0.419. The Morgan fingerprint density at radius 1 is 0.969 bits per heavy atom. The van der Waals surface area contributed by atoms with Crippen LogP contribution in [0.3, 0.4) is 0 Å². The van der Waals surface area contributed by atoms with Gasteiger partial charge in [0.2, 0.25) is 0 Å². The van der Waals surface area contributed by atoms with E-state index < -0.39 is 5.97 Å². The summed E-state index contributed by atoms with van der Waals surface area (Å²) in [6, 6.07) is 26.5. The number of aliphatic carboxylic acids is 1. The van der Waals surface area contributed by atoms with E-state index >= 15 is 0 Å². The first-order chi connectivity index (χ1) is 15.5. The van der Waals surface area contributed by atoms with E-state index in [2.05, 4.69) is 30.3 Å². The highest BCUT2D eigenvalue weighted by molar-refractivity contribution is 5.96. The minimum Gasteiger partial charge on any atom is -0.496 e. The molecule has 0 bridgehead atoms. The first kappa shape index (κ1) is 21.4. The topological polar surface area (TPSA) is 62.7 Å². The number of aryl methyl sites for hydroxylation is 2. The number of carbonyl (C=O) groups is 1. The van der Waals surface area contributed by atoms with E-state index in [1.54, 1.807) is 19.1 Å². The van der Waals surface area contributed by atoms with Crippen LogP contribution in [-0.2, 0) is 17.6 Å². The van der Waals surface area contributed by atoms with Crippen LogP contribution in [0.4, 0.5) is 5.82 Å². The predicted octanol–water partition coefficient (Wildman–Crippen LogP) is 5.22. The molecule has 0 fully saturated rings. The lowest BCUT2D eigenvalue weighted by Gasteiger charge is -2.19. The van der Waals surface area contributed by atoms with Crippen LogP contribution >= 0.6 is 0 Å². The number of aromatic nitrogens is 1. The summed E-state index contributed by atoms with van der Waals surface area (Å²) >= 11 is 0. The van der Waals surface area contributed by atoms with Crippen LogP contribution in [0.1, 0.15) is 11.1 Å². The summed E-state index contributed by atoms with van der Waals surface area (Å²) in [6.07, 6.45) is 1.76. The van der Waals surface area contributed by atoms with Crippen molar-refractivity contribution in [1.82, 2.24) is 4.98 Å². The first-order valence-electron chi connectivity index (χ1n) is 10.6. The molecule has 0 amide bonds. The highest BCUT2D eigenvalue weighted by atomic mass is 16.5. The third-order valence-electron chi connectivity index (χ3n) is 5.58. The molecule has 0 aliphatic rings. The van der Waals surface area contributed by atoms with Crippen molar-refractivity contribution in [2.75, 3.05) is 25.6 Å². The van der Waals surface area contributed by atoms with E-state index in [1.807, 2.05) is 48.5 Å². The van der Waals surface area contributed by atoms with Gasteiger partial charge in [0, 0.05) is 12.4 Å². The Balaban J connectivity index is 1.73. The molecule has 1 N–H and O–H groups in total. The van der Waals surface area contributed by atoms with Crippen molar-refractivity contribution in [3.8, 4) is 16.9 Å². The van der Waals surface area contributed by atoms with Crippen molar-refractivity contribution in [3.05, 3.63) is 90.0 Å². The van der Waals surface area contributed by atoms with Crippen molar-refractivity contribution in [3.63, 3.8) is 0 Å². The summed E-state index contributed by atoms with van der Waals surface area (Å²) in [5.41, 5.74) is 5.37. The molecule has 0 unspecified atom stereocenters. The first-order valence-corrected chi connectivity index (χ1v) is 10.6. The molecule has 1 heterocycles. The maximum absolute atomic E-state index is 11.2. The maximum atomic E-state index is 11.2. The van der Waals surface area contributed by atoms with Crippen molar-refractivity contribution >= 4 is 22.7 Å². The van der Waals surface area contributed by atoms with Crippen LogP contribution in [0.5, 0.6) is 5.75 Å². The summed E-state index contributed by atoms with van der Waals surface area (Å²) < 4.78 is 5.49. The average molecular weight is 427 g/mol. The van der Waals surface area contributed by atoms with Gasteiger partial charge in [-0.15, -0.1) is 0 Å². The molecule has 4 aromatic rings. The van der Waals surface area contributed by atoms with Gasteiger partial charge in [-0.25, -0.2) is 4.98 Å². The van der Waals surface area contributed by atoms with Crippen LogP contribution in [0, 0.1) is 0 Å². The Morgan fingerprint density at radius 2 is 1.72 bits per heavy atom. The smallest absolute Gasteiger partial charge is 0.323 e. The highest BCUT2D eigenvalue weighted by Crippen LogP contribution is 2.32. The van der Waals surface area contributed by atoms with Gasteiger partial charge in [0.1, 0.15) is 18.1 Å². The number of carboxylic acids is 1.